The van der Waals surface area contributed by atoms with E-state index in [0.29, 0.717) is 22.1 Å². The molecule has 1 heterocycles. The molecule has 0 aromatic heterocycles. The number of rotatable bonds is 7. The van der Waals surface area contributed by atoms with Crippen LogP contribution in [0.15, 0.2) is 70.7 Å². The second-order valence-corrected chi connectivity index (χ2v) is 8.65. The summed E-state index contributed by atoms with van der Waals surface area (Å²) in [4.78, 5) is 10.5. The van der Waals surface area contributed by atoms with Crippen LogP contribution in [-0.2, 0) is 10.0 Å². The Bertz CT molecular complexity index is 1330. The first-order valence-corrected chi connectivity index (χ1v) is 10.9. The van der Waals surface area contributed by atoms with E-state index in [4.69, 9.17) is 21.1 Å². The quantitative estimate of drug-likeness (QED) is 0.297. The number of ether oxygens (including phenoxy) is 2. The number of nitrogens with zero attached hydrogens (tertiary/aromatic N) is 2. The van der Waals surface area contributed by atoms with Gasteiger partial charge in [0.1, 0.15) is 5.69 Å². The van der Waals surface area contributed by atoms with Gasteiger partial charge in [0, 0.05) is 11.1 Å². The topological polar surface area (TPSA) is 132 Å². The van der Waals surface area contributed by atoms with Crippen molar-refractivity contribution in [2.75, 3.05) is 16.9 Å². The highest BCUT2D eigenvalue weighted by Gasteiger charge is 2.22. The van der Waals surface area contributed by atoms with Crippen LogP contribution in [-0.4, -0.2) is 26.3 Å². The average Bonchev–Trinajstić information content (AvgIpc) is 3.21. The minimum Gasteiger partial charge on any atom is -0.454 e. The Labute approximate surface area is 187 Å². The summed E-state index contributed by atoms with van der Waals surface area (Å²) >= 11 is 5.87. The maximum Gasteiger partial charge on any atom is 0.295 e. The molecule has 32 heavy (non-hydrogen) atoms. The molecule has 164 valence electrons. The van der Waals surface area contributed by atoms with Crippen molar-refractivity contribution < 1.29 is 22.8 Å². The molecule has 0 saturated heterocycles. The third-order valence-corrected chi connectivity index (χ3v) is 5.96. The molecular formula is C20H15ClN4O6S. The molecule has 3 aromatic carbocycles. The summed E-state index contributed by atoms with van der Waals surface area (Å²) in [6.45, 7) is 0.141. The normalized spacial score (nSPS) is 12.7. The van der Waals surface area contributed by atoms with E-state index in [-0.39, 0.29) is 23.1 Å². The van der Waals surface area contributed by atoms with Crippen molar-refractivity contribution in [2.24, 2.45) is 5.10 Å². The van der Waals surface area contributed by atoms with Gasteiger partial charge >= 0.3 is 0 Å². The van der Waals surface area contributed by atoms with Crippen LogP contribution in [0.3, 0.4) is 0 Å². The van der Waals surface area contributed by atoms with Gasteiger partial charge in [-0.1, -0.05) is 17.7 Å². The highest BCUT2D eigenvalue weighted by atomic mass is 35.5. The lowest BCUT2D eigenvalue weighted by Crippen LogP contribution is -2.13. The Morgan fingerprint density at radius 2 is 1.88 bits per heavy atom. The van der Waals surface area contributed by atoms with E-state index in [1.54, 1.807) is 30.3 Å². The third kappa shape index (κ3) is 4.74. The van der Waals surface area contributed by atoms with Crippen molar-refractivity contribution in [3.05, 3.63) is 81.4 Å². The molecule has 0 aliphatic carbocycles. The molecule has 1 aliphatic heterocycles. The zero-order valence-corrected chi connectivity index (χ0v) is 17.8. The third-order valence-electron chi connectivity index (χ3n) is 4.35. The van der Waals surface area contributed by atoms with Gasteiger partial charge in [0.15, 0.2) is 11.5 Å². The van der Waals surface area contributed by atoms with Gasteiger partial charge in [-0.25, -0.2) is 8.42 Å². The molecule has 0 bridgehead atoms. The van der Waals surface area contributed by atoms with Crippen LogP contribution in [0.25, 0.3) is 0 Å². The molecule has 0 fully saturated rings. The van der Waals surface area contributed by atoms with Gasteiger partial charge in [-0.2, -0.15) is 5.10 Å². The average molecular weight is 475 g/mol. The Morgan fingerprint density at radius 1 is 1.06 bits per heavy atom. The molecule has 12 heteroatoms. The predicted octanol–water partition coefficient (Wildman–Crippen LogP) is 4.22. The molecule has 0 radical (unpaired) electrons. The first-order chi connectivity index (χ1) is 15.3. The number of nitrogens with one attached hydrogen (secondary N) is 2. The van der Waals surface area contributed by atoms with Crippen molar-refractivity contribution >= 4 is 44.9 Å². The fourth-order valence-corrected chi connectivity index (χ4v) is 4.12. The van der Waals surface area contributed by atoms with Crippen LogP contribution >= 0.6 is 11.6 Å². The summed E-state index contributed by atoms with van der Waals surface area (Å²) in [5.74, 6) is 1.19. The number of nitro benzene ring substituents is 1. The summed E-state index contributed by atoms with van der Waals surface area (Å²) in [5, 5.41) is 15.9. The van der Waals surface area contributed by atoms with Crippen LogP contribution in [0.1, 0.15) is 5.56 Å². The SMILES string of the molecule is O=[N+]([O-])c1cc(S(=O)(=O)Nc2cccc(Cl)c2)ccc1N/N=C\c1ccc2c(c1)OCO2. The molecule has 10 nitrogen and oxygen atoms in total. The van der Waals surface area contributed by atoms with Crippen molar-refractivity contribution in [1.29, 1.82) is 0 Å². The zero-order valence-electron chi connectivity index (χ0n) is 16.2. The van der Waals surface area contributed by atoms with Gasteiger partial charge in [-0.3, -0.25) is 20.3 Å². The van der Waals surface area contributed by atoms with Crippen molar-refractivity contribution in [3.63, 3.8) is 0 Å². The first-order valence-electron chi connectivity index (χ1n) is 9.07. The number of benzene rings is 3. The summed E-state index contributed by atoms with van der Waals surface area (Å²) in [6, 6.07) is 14.7. The molecule has 0 atom stereocenters. The number of hydrazone groups is 1. The molecule has 4 rings (SSSR count). The highest BCUT2D eigenvalue weighted by molar-refractivity contribution is 7.92. The molecule has 0 saturated carbocycles. The monoisotopic (exact) mass is 474 g/mol. The molecule has 2 N–H and O–H groups in total. The lowest BCUT2D eigenvalue weighted by atomic mass is 10.2. The minimum atomic E-state index is -4.08. The number of hydrogen-bond donors (Lipinski definition) is 2. The Hall–Kier alpha value is -3.83. The smallest absolute Gasteiger partial charge is 0.295 e. The van der Waals surface area contributed by atoms with E-state index in [1.165, 1.54) is 30.5 Å². The molecule has 0 unspecified atom stereocenters. The fourth-order valence-electron chi connectivity index (χ4n) is 2.86. The van der Waals surface area contributed by atoms with Gasteiger partial charge in [0.25, 0.3) is 15.7 Å². The zero-order chi connectivity index (χ0) is 22.7. The Morgan fingerprint density at radius 3 is 2.66 bits per heavy atom. The van der Waals surface area contributed by atoms with Crippen LogP contribution in [0.5, 0.6) is 11.5 Å². The summed E-state index contributed by atoms with van der Waals surface area (Å²) in [5.41, 5.74) is 3.04. The number of anilines is 2. The number of nitro groups is 1. The van der Waals surface area contributed by atoms with E-state index >= 15 is 0 Å². The maximum atomic E-state index is 12.6. The van der Waals surface area contributed by atoms with E-state index in [9.17, 15) is 18.5 Å². The Kier molecular flexibility index (Phi) is 5.84. The molecular weight excluding hydrogens is 460 g/mol. The molecule has 3 aromatic rings. The fraction of sp³-hybridized carbons (Fsp3) is 0.0500. The second-order valence-electron chi connectivity index (χ2n) is 6.53. The largest absolute Gasteiger partial charge is 0.454 e. The predicted molar refractivity (Wildman–Crippen MR) is 119 cm³/mol. The Balaban J connectivity index is 1.54. The number of fused-ring (bicyclic) bond motifs is 1. The molecule has 1 aliphatic rings. The van der Waals surface area contributed by atoms with E-state index in [0.717, 1.165) is 6.07 Å². The lowest BCUT2D eigenvalue weighted by Gasteiger charge is -2.09. The van der Waals surface area contributed by atoms with Crippen molar-refractivity contribution in [1.82, 2.24) is 0 Å². The summed E-state index contributed by atoms with van der Waals surface area (Å²) < 4.78 is 38.1. The lowest BCUT2D eigenvalue weighted by molar-refractivity contribution is -0.384. The van der Waals surface area contributed by atoms with Crippen LogP contribution in [0.2, 0.25) is 5.02 Å². The van der Waals surface area contributed by atoms with E-state index in [2.05, 4.69) is 15.2 Å². The first kappa shape index (κ1) is 21.4. The molecule has 0 spiro atoms. The number of sulfonamides is 1. The standard InChI is InChI=1S/C20H15ClN4O6S/c21-14-2-1-3-15(9-14)24-32(28,29)16-5-6-17(18(10-16)25(26)27)23-22-11-13-4-7-19-20(8-13)31-12-30-19/h1-11,23-24H,12H2/b22-11-. The summed E-state index contributed by atoms with van der Waals surface area (Å²) in [6.07, 6.45) is 1.44. The van der Waals surface area contributed by atoms with Crippen LogP contribution in [0, 0.1) is 10.1 Å². The van der Waals surface area contributed by atoms with E-state index in [1.807, 2.05) is 0 Å². The number of hydrogen-bond acceptors (Lipinski definition) is 8. The highest BCUT2D eigenvalue weighted by Crippen LogP contribution is 2.32. The summed E-state index contributed by atoms with van der Waals surface area (Å²) in [7, 11) is -4.08. The van der Waals surface area contributed by atoms with Crippen molar-refractivity contribution in [3.8, 4) is 11.5 Å². The second kappa shape index (κ2) is 8.73. The van der Waals surface area contributed by atoms with E-state index < -0.39 is 20.6 Å². The van der Waals surface area contributed by atoms with Gasteiger partial charge in [-0.05, 0) is 54.1 Å². The van der Waals surface area contributed by atoms with Crippen molar-refractivity contribution in [2.45, 2.75) is 4.90 Å². The van der Waals surface area contributed by atoms with Gasteiger partial charge in [0.2, 0.25) is 6.79 Å². The molecule has 0 amide bonds. The van der Waals surface area contributed by atoms with Crippen LogP contribution in [0.4, 0.5) is 17.1 Å². The maximum absolute atomic E-state index is 12.6. The van der Waals surface area contributed by atoms with Gasteiger partial charge in [0.05, 0.1) is 21.7 Å². The van der Waals surface area contributed by atoms with Gasteiger partial charge in [-0.15, -0.1) is 0 Å². The van der Waals surface area contributed by atoms with Crippen LogP contribution < -0.4 is 19.6 Å². The van der Waals surface area contributed by atoms with Gasteiger partial charge < -0.3 is 9.47 Å². The minimum absolute atomic E-state index is 0.0219. The number of halogens is 1.